The lowest BCUT2D eigenvalue weighted by molar-refractivity contribution is -0.177. The van der Waals surface area contributed by atoms with Crippen molar-refractivity contribution < 1.29 is 23.7 Å². The number of fused-ring (bicyclic) bond motifs is 4. The van der Waals surface area contributed by atoms with Crippen LogP contribution in [0.15, 0.2) is 36.4 Å². The Labute approximate surface area is 177 Å². The molecule has 0 radical (unpaired) electrons. The monoisotopic (exact) mass is 424 g/mol. The molecule has 1 saturated heterocycles. The number of aromatic amines is 1. The normalized spacial score (nSPS) is 32.8. The van der Waals surface area contributed by atoms with E-state index in [1.807, 2.05) is 30.3 Å². The first kappa shape index (κ1) is 18.0. The molecule has 1 spiro atoms. The molecule has 2 aliphatic heterocycles. The fraction of sp³-hybridized carbons (Fsp3) is 0.417. The van der Waals surface area contributed by atoms with Crippen LogP contribution in [-0.4, -0.2) is 51.3 Å². The zero-order chi connectivity index (χ0) is 21.1. The summed E-state index contributed by atoms with van der Waals surface area (Å²) in [6.45, 7) is 0.108. The van der Waals surface area contributed by atoms with Crippen molar-refractivity contribution in [2.45, 2.75) is 48.8 Å². The number of rotatable bonds is 2. The van der Waals surface area contributed by atoms with E-state index in [2.05, 4.69) is 4.98 Å². The number of para-hydroxylation sites is 1. The Hall–Kier alpha value is -2.64. The first-order valence-electron chi connectivity index (χ1n) is 10.8. The Morgan fingerprint density at radius 2 is 2.06 bits per heavy atom. The number of phenolic OH excluding ortho intramolecular Hbond substituents is 1. The number of nitrogens with zero attached hydrogens (tertiary/aromatic N) is 1. The quantitative estimate of drug-likeness (QED) is 0.590. The number of halogens is 2. The summed E-state index contributed by atoms with van der Waals surface area (Å²) in [5.41, 5.74) is 2.68. The third kappa shape index (κ3) is 1.94. The highest BCUT2D eigenvalue weighted by molar-refractivity contribution is 5.86. The molecular weight excluding hydrogens is 402 g/mol. The van der Waals surface area contributed by atoms with Crippen LogP contribution in [0.3, 0.4) is 0 Å². The van der Waals surface area contributed by atoms with E-state index in [9.17, 15) is 19.0 Å². The van der Waals surface area contributed by atoms with Gasteiger partial charge in [-0.05, 0) is 42.6 Å². The van der Waals surface area contributed by atoms with Gasteiger partial charge in [0, 0.05) is 28.9 Å². The van der Waals surface area contributed by atoms with Crippen LogP contribution in [0.1, 0.15) is 34.9 Å². The van der Waals surface area contributed by atoms with E-state index in [1.54, 1.807) is 11.0 Å². The maximum Gasteiger partial charge on any atom is 0.251 e. The number of aromatic hydroxyl groups is 1. The van der Waals surface area contributed by atoms with Gasteiger partial charge in [-0.3, -0.25) is 4.90 Å². The van der Waals surface area contributed by atoms with Gasteiger partial charge in [0.15, 0.2) is 17.6 Å². The van der Waals surface area contributed by atoms with Gasteiger partial charge in [0.2, 0.25) is 0 Å². The summed E-state index contributed by atoms with van der Waals surface area (Å²) >= 11 is 0. The minimum atomic E-state index is -2.46. The second kappa shape index (κ2) is 5.58. The third-order valence-corrected chi connectivity index (χ3v) is 8.25. The van der Waals surface area contributed by atoms with Crippen molar-refractivity contribution >= 4 is 10.9 Å². The minimum absolute atomic E-state index is 0.0657. The van der Waals surface area contributed by atoms with E-state index in [4.69, 9.17) is 4.74 Å². The molecule has 1 aromatic heterocycles. The van der Waals surface area contributed by atoms with Crippen LogP contribution in [0.4, 0.5) is 8.78 Å². The lowest BCUT2D eigenvalue weighted by Gasteiger charge is -2.62. The number of aromatic nitrogens is 1. The number of phenols is 1. The molecule has 4 atom stereocenters. The number of H-pyrrole nitrogens is 1. The zero-order valence-corrected chi connectivity index (χ0v) is 16.7. The number of likely N-dealkylation sites (tertiary alicyclic amines) is 1. The van der Waals surface area contributed by atoms with Crippen LogP contribution in [0.25, 0.3) is 10.9 Å². The predicted molar refractivity (Wildman–Crippen MR) is 110 cm³/mol. The van der Waals surface area contributed by atoms with E-state index in [0.717, 1.165) is 33.3 Å². The van der Waals surface area contributed by atoms with Gasteiger partial charge in [0.1, 0.15) is 0 Å². The fourth-order valence-corrected chi connectivity index (χ4v) is 7.12. The molecule has 5 nitrogen and oxygen atoms in total. The van der Waals surface area contributed by atoms with E-state index < -0.39 is 29.6 Å². The molecule has 3 N–H and O–H groups in total. The average Bonchev–Trinajstić information content (AvgIpc) is 3.27. The Morgan fingerprint density at radius 3 is 2.90 bits per heavy atom. The van der Waals surface area contributed by atoms with E-state index in [1.165, 1.54) is 0 Å². The van der Waals surface area contributed by atoms with Gasteiger partial charge in [-0.25, -0.2) is 8.78 Å². The lowest BCUT2D eigenvalue weighted by atomic mass is 9.49. The first-order valence-corrected chi connectivity index (χ1v) is 10.8. The van der Waals surface area contributed by atoms with E-state index in [0.29, 0.717) is 31.6 Å². The number of hydrogen-bond donors (Lipinski definition) is 3. The SMILES string of the molecule is Oc1ccc2c3c1O[C@H]1c4[nH]c5ccccc5c4C[C@@]4(O)[C@@H](C2)N(CC(F)F)CC[C@]314. The summed E-state index contributed by atoms with van der Waals surface area (Å²) in [6.07, 6.45) is -1.63. The van der Waals surface area contributed by atoms with Crippen molar-refractivity contribution in [2.24, 2.45) is 0 Å². The number of benzene rings is 2. The molecule has 1 fully saturated rings. The molecule has 31 heavy (non-hydrogen) atoms. The molecule has 2 bridgehead atoms. The molecular formula is C24H22F2N2O3. The van der Waals surface area contributed by atoms with Gasteiger partial charge >= 0.3 is 0 Å². The summed E-state index contributed by atoms with van der Waals surface area (Å²) in [5, 5.41) is 24.1. The number of nitrogens with one attached hydrogen (secondary N) is 1. The van der Waals surface area contributed by atoms with E-state index in [-0.39, 0.29) is 12.3 Å². The van der Waals surface area contributed by atoms with Gasteiger partial charge in [-0.2, -0.15) is 0 Å². The summed E-state index contributed by atoms with van der Waals surface area (Å²) in [4.78, 5) is 5.28. The minimum Gasteiger partial charge on any atom is -0.504 e. The molecule has 3 aromatic rings. The molecule has 0 unspecified atom stereocenters. The molecule has 0 amide bonds. The van der Waals surface area contributed by atoms with Gasteiger partial charge in [0.05, 0.1) is 23.3 Å². The Kier molecular flexibility index (Phi) is 3.24. The van der Waals surface area contributed by atoms with Crippen molar-refractivity contribution in [2.75, 3.05) is 13.1 Å². The standard InChI is InChI=1S/C24H22F2N2O3/c25-18(26)11-28-8-7-23-19-12-5-6-16(29)21(19)31-22(23)20-14(10-24(23,30)17(28)9-12)13-3-1-2-4-15(13)27-20/h1-6,17-18,22,27,29-30H,7-11H2/t17-,22+,23+,24-/m1/s1. The fourth-order valence-electron chi connectivity index (χ4n) is 7.12. The second-order valence-corrected chi connectivity index (χ2v) is 9.44. The highest BCUT2D eigenvalue weighted by atomic mass is 19.3. The summed E-state index contributed by atoms with van der Waals surface area (Å²) < 4.78 is 33.3. The summed E-state index contributed by atoms with van der Waals surface area (Å²) in [5.74, 6) is 0.504. The smallest absolute Gasteiger partial charge is 0.251 e. The van der Waals surface area contributed by atoms with Crippen LogP contribution >= 0.6 is 0 Å². The summed E-state index contributed by atoms with van der Waals surface area (Å²) in [7, 11) is 0. The van der Waals surface area contributed by atoms with Crippen LogP contribution in [0.5, 0.6) is 11.5 Å². The summed E-state index contributed by atoms with van der Waals surface area (Å²) in [6, 6.07) is 11.0. The zero-order valence-electron chi connectivity index (χ0n) is 16.7. The first-order chi connectivity index (χ1) is 14.9. The maximum absolute atomic E-state index is 13.4. The number of alkyl halides is 2. The second-order valence-electron chi connectivity index (χ2n) is 9.44. The maximum atomic E-state index is 13.4. The number of aliphatic hydroxyl groups is 1. The molecule has 3 heterocycles. The van der Waals surface area contributed by atoms with E-state index >= 15 is 0 Å². The van der Waals surface area contributed by atoms with Crippen LogP contribution in [0, 0.1) is 0 Å². The van der Waals surface area contributed by atoms with Crippen molar-refractivity contribution in [3.63, 3.8) is 0 Å². The third-order valence-electron chi connectivity index (χ3n) is 8.25. The molecule has 7 rings (SSSR count). The van der Waals surface area contributed by atoms with Crippen LogP contribution in [-0.2, 0) is 18.3 Å². The Bertz CT molecular complexity index is 1260. The molecule has 0 saturated carbocycles. The predicted octanol–water partition coefficient (Wildman–Crippen LogP) is 3.43. The Morgan fingerprint density at radius 1 is 1.23 bits per heavy atom. The molecule has 7 heteroatoms. The van der Waals surface area contributed by atoms with Gasteiger partial charge in [-0.1, -0.05) is 24.3 Å². The molecule has 2 aromatic carbocycles. The van der Waals surface area contributed by atoms with Gasteiger partial charge in [-0.15, -0.1) is 0 Å². The Balaban J connectivity index is 1.54. The number of ether oxygens (including phenoxy) is 1. The van der Waals surface area contributed by atoms with Gasteiger partial charge in [0.25, 0.3) is 6.43 Å². The van der Waals surface area contributed by atoms with Crippen LogP contribution in [0.2, 0.25) is 0 Å². The van der Waals surface area contributed by atoms with Crippen molar-refractivity contribution in [1.29, 1.82) is 0 Å². The van der Waals surface area contributed by atoms with Crippen LogP contribution < -0.4 is 4.74 Å². The number of piperidine rings is 1. The largest absolute Gasteiger partial charge is 0.504 e. The lowest BCUT2D eigenvalue weighted by Crippen LogP contribution is -2.74. The van der Waals surface area contributed by atoms with Crippen molar-refractivity contribution in [3.05, 3.63) is 58.8 Å². The number of hydrogen-bond acceptors (Lipinski definition) is 4. The topological polar surface area (TPSA) is 68.7 Å². The molecule has 2 aliphatic carbocycles. The van der Waals surface area contributed by atoms with Gasteiger partial charge < -0.3 is 19.9 Å². The van der Waals surface area contributed by atoms with Crippen molar-refractivity contribution in [3.8, 4) is 11.5 Å². The van der Waals surface area contributed by atoms with Crippen molar-refractivity contribution in [1.82, 2.24) is 9.88 Å². The highest BCUT2D eigenvalue weighted by Gasteiger charge is 2.72. The molecule has 160 valence electrons. The average molecular weight is 424 g/mol. The highest BCUT2D eigenvalue weighted by Crippen LogP contribution is 2.68. The molecule has 4 aliphatic rings.